The summed E-state index contributed by atoms with van der Waals surface area (Å²) in [4.78, 5) is 44.3. The third kappa shape index (κ3) is 4.24. The van der Waals surface area contributed by atoms with Gasteiger partial charge in [-0.3, -0.25) is 19.0 Å². The van der Waals surface area contributed by atoms with Gasteiger partial charge in [0.15, 0.2) is 11.3 Å². The van der Waals surface area contributed by atoms with Crippen molar-refractivity contribution < 1.29 is 18.7 Å². The van der Waals surface area contributed by atoms with Crippen LogP contribution in [0.25, 0.3) is 16.6 Å². The molecule has 0 aliphatic carbocycles. The number of primary amides is 1. The highest BCUT2D eigenvalue weighted by molar-refractivity contribution is 7.99. The Hall–Kier alpha value is -4.18. The van der Waals surface area contributed by atoms with E-state index in [1.807, 2.05) is 0 Å². The van der Waals surface area contributed by atoms with E-state index < -0.39 is 23.4 Å². The van der Waals surface area contributed by atoms with E-state index in [0.29, 0.717) is 22.3 Å². The van der Waals surface area contributed by atoms with Gasteiger partial charge < -0.3 is 15.4 Å². The number of para-hydroxylation sites is 4. The predicted molar refractivity (Wildman–Crippen MR) is 130 cm³/mol. The molecule has 0 saturated carbocycles. The maximum Gasteiger partial charge on any atom is 0.266 e. The number of rotatable bonds is 5. The number of ether oxygens (including phenoxy) is 1. The molecule has 4 aromatic rings. The highest BCUT2D eigenvalue weighted by Gasteiger charge is 2.32. The summed E-state index contributed by atoms with van der Waals surface area (Å²) in [6, 6.07) is 19.5. The fourth-order valence-corrected chi connectivity index (χ4v) is 4.76. The Kier molecular flexibility index (Phi) is 5.96. The number of nitrogens with two attached hydrogens (primary N) is 1. The normalized spacial score (nSPS) is 14.9. The molecule has 3 aromatic carbocycles. The standard InChI is InChI=1S/C25H19FN4O4S/c26-16-8-2-4-10-18(16)30-24(33)15-7-1-3-9-17(15)28-25(30)35-14-22(31)29-13-21(23(27)32)34-20-12-6-5-11-19(20)29/h1-12,21H,13-14H2,(H2,27,32)/t21-/m0/s1. The van der Waals surface area contributed by atoms with E-state index in [-0.39, 0.29) is 29.0 Å². The molecule has 0 radical (unpaired) electrons. The van der Waals surface area contributed by atoms with Crippen LogP contribution in [0.1, 0.15) is 0 Å². The van der Waals surface area contributed by atoms with Crippen molar-refractivity contribution in [3.8, 4) is 11.4 Å². The second-order valence-corrected chi connectivity index (χ2v) is 8.72. The van der Waals surface area contributed by atoms with Crippen molar-refractivity contribution >= 4 is 40.2 Å². The number of carbonyl (C=O) groups excluding carboxylic acids is 2. The van der Waals surface area contributed by atoms with Gasteiger partial charge in [0, 0.05) is 0 Å². The van der Waals surface area contributed by atoms with Gasteiger partial charge in [0.25, 0.3) is 11.5 Å². The van der Waals surface area contributed by atoms with Crippen LogP contribution in [0.2, 0.25) is 0 Å². The fourth-order valence-electron chi connectivity index (χ4n) is 3.88. The van der Waals surface area contributed by atoms with Crippen molar-refractivity contribution in [3.05, 3.63) is 89.0 Å². The van der Waals surface area contributed by atoms with Crippen LogP contribution in [-0.2, 0) is 9.59 Å². The van der Waals surface area contributed by atoms with Gasteiger partial charge in [-0.05, 0) is 36.4 Å². The monoisotopic (exact) mass is 490 g/mol. The molecule has 0 saturated heterocycles. The Labute approximate surface area is 203 Å². The first-order chi connectivity index (χ1) is 16.9. The first kappa shape index (κ1) is 22.6. The molecule has 1 aromatic heterocycles. The lowest BCUT2D eigenvalue weighted by molar-refractivity contribution is -0.125. The number of fused-ring (bicyclic) bond motifs is 2. The molecule has 2 amide bonds. The molecule has 10 heteroatoms. The van der Waals surface area contributed by atoms with Crippen LogP contribution < -0.4 is 20.9 Å². The molecule has 176 valence electrons. The molecule has 2 N–H and O–H groups in total. The van der Waals surface area contributed by atoms with E-state index in [4.69, 9.17) is 10.5 Å². The number of carbonyl (C=O) groups is 2. The van der Waals surface area contributed by atoms with E-state index >= 15 is 0 Å². The predicted octanol–water partition coefficient (Wildman–Crippen LogP) is 2.90. The molecule has 0 unspecified atom stereocenters. The Morgan fingerprint density at radius 3 is 2.49 bits per heavy atom. The molecule has 0 fully saturated rings. The molecular weight excluding hydrogens is 471 g/mol. The first-order valence-corrected chi connectivity index (χ1v) is 11.7. The average Bonchev–Trinajstić information content (AvgIpc) is 2.87. The SMILES string of the molecule is NC(=O)[C@@H]1CN(C(=O)CSc2nc3ccccc3c(=O)n2-c2ccccc2F)c2ccccc2O1. The second kappa shape index (κ2) is 9.22. The lowest BCUT2D eigenvalue weighted by atomic mass is 10.2. The van der Waals surface area contributed by atoms with Gasteiger partial charge >= 0.3 is 0 Å². The molecule has 0 spiro atoms. The van der Waals surface area contributed by atoms with Gasteiger partial charge in [0.1, 0.15) is 11.6 Å². The number of nitrogens with zero attached hydrogens (tertiary/aromatic N) is 3. The quantitative estimate of drug-likeness (QED) is 0.341. The topological polar surface area (TPSA) is 108 Å². The minimum absolute atomic E-state index is 0.0382. The number of thioether (sulfide) groups is 1. The summed E-state index contributed by atoms with van der Waals surface area (Å²) in [6.45, 7) is -0.0446. The molecule has 1 aliphatic rings. The summed E-state index contributed by atoms with van der Waals surface area (Å²) in [5.41, 5.74) is 5.97. The lowest BCUT2D eigenvalue weighted by Gasteiger charge is -2.33. The number of hydrogen-bond acceptors (Lipinski definition) is 6. The third-order valence-corrected chi connectivity index (χ3v) is 6.48. The highest BCUT2D eigenvalue weighted by atomic mass is 32.2. The Balaban J connectivity index is 1.51. The smallest absolute Gasteiger partial charge is 0.266 e. The average molecular weight is 491 g/mol. The maximum absolute atomic E-state index is 14.7. The van der Waals surface area contributed by atoms with E-state index in [1.165, 1.54) is 27.7 Å². The van der Waals surface area contributed by atoms with Gasteiger partial charge in [0.2, 0.25) is 5.91 Å². The largest absolute Gasteiger partial charge is 0.477 e. The number of aromatic nitrogens is 2. The minimum atomic E-state index is -0.991. The van der Waals surface area contributed by atoms with Gasteiger partial charge in [-0.2, -0.15) is 0 Å². The van der Waals surface area contributed by atoms with Crippen LogP contribution in [0.15, 0.2) is 82.7 Å². The zero-order valence-corrected chi connectivity index (χ0v) is 19.1. The van der Waals surface area contributed by atoms with E-state index in [2.05, 4.69) is 4.98 Å². The molecule has 0 bridgehead atoms. The zero-order chi connectivity index (χ0) is 24.5. The summed E-state index contributed by atoms with van der Waals surface area (Å²) in [7, 11) is 0. The lowest BCUT2D eigenvalue weighted by Crippen LogP contribution is -2.49. The molecule has 8 nitrogen and oxygen atoms in total. The molecule has 5 rings (SSSR count). The Morgan fingerprint density at radius 2 is 1.71 bits per heavy atom. The van der Waals surface area contributed by atoms with E-state index in [0.717, 1.165) is 11.8 Å². The summed E-state index contributed by atoms with van der Waals surface area (Å²) in [6.07, 6.45) is -0.991. The van der Waals surface area contributed by atoms with Crippen LogP contribution in [0.3, 0.4) is 0 Å². The zero-order valence-electron chi connectivity index (χ0n) is 18.3. The minimum Gasteiger partial charge on any atom is -0.477 e. The van der Waals surface area contributed by atoms with Crippen molar-refractivity contribution in [2.45, 2.75) is 11.3 Å². The van der Waals surface area contributed by atoms with Gasteiger partial charge in [-0.15, -0.1) is 0 Å². The van der Waals surface area contributed by atoms with Crippen molar-refractivity contribution in [1.82, 2.24) is 9.55 Å². The molecular formula is C25H19FN4O4S. The highest BCUT2D eigenvalue weighted by Crippen LogP contribution is 2.34. The van der Waals surface area contributed by atoms with Gasteiger partial charge in [0.05, 0.1) is 34.6 Å². The van der Waals surface area contributed by atoms with Gasteiger partial charge in [-0.1, -0.05) is 48.2 Å². The van der Waals surface area contributed by atoms with Crippen molar-refractivity contribution in [2.75, 3.05) is 17.2 Å². The van der Waals surface area contributed by atoms with E-state index in [1.54, 1.807) is 54.6 Å². The van der Waals surface area contributed by atoms with Crippen LogP contribution in [0.5, 0.6) is 5.75 Å². The number of amides is 2. The van der Waals surface area contributed by atoms with Crippen molar-refractivity contribution in [1.29, 1.82) is 0 Å². The summed E-state index contributed by atoms with van der Waals surface area (Å²) in [5, 5.41) is 0.498. The molecule has 35 heavy (non-hydrogen) atoms. The summed E-state index contributed by atoms with van der Waals surface area (Å²) < 4.78 is 21.5. The fraction of sp³-hybridized carbons (Fsp3) is 0.120. The molecule has 1 aliphatic heterocycles. The molecule has 2 heterocycles. The van der Waals surface area contributed by atoms with Crippen molar-refractivity contribution in [3.63, 3.8) is 0 Å². The van der Waals surface area contributed by atoms with Crippen LogP contribution in [0, 0.1) is 5.82 Å². The summed E-state index contributed by atoms with van der Waals surface area (Å²) >= 11 is 1.00. The summed E-state index contributed by atoms with van der Waals surface area (Å²) in [5.74, 6) is -1.38. The first-order valence-electron chi connectivity index (χ1n) is 10.7. The van der Waals surface area contributed by atoms with Gasteiger partial charge in [-0.25, -0.2) is 9.37 Å². The third-order valence-electron chi connectivity index (χ3n) is 5.56. The Bertz CT molecular complexity index is 1520. The van der Waals surface area contributed by atoms with Crippen LogP contribution >= 0.6 is 11.8 Å². The van der Waals surface area contributed by atoms with E-state index in [9.17, 15) is 18.8 Å². The number of benzene rings is 3. The number of anilines is 1. The number of hydrogen-bond donors (Lipinski definition) is 1. The van der Waals surface area contributed by atoms with Crippen LogP contribution in [-0.4, -0.2) is 39.8 Å². The number of halogens is 1. The van der Waals surface area contributed by atoms with Crippen LogP contribution in [0.4, 0.5) is 10.1 Å². The second-order valence-electron chi connectivity index (χ2n) is 7.77. The Morgan fingerprint density at radius 1 is 1.03 bits per heavy atom. The molecule has 1 atom stereocenters. The van der Waals surface area contributed by atoms with Crippen molar-refractivity contribution in [2.24, 2.45) is 5.73 Å². The maximum atomic E-state index is 14.7.